The first-order chi connectivity index (χ1) is 9.19. The Morgan fingerprint density at radius 1 is 1.32 bits per heavy atom. The van der Waals surface area contributed by atoms with Crippen LogP contribution in [0.15, 0.2) is 35.1 Å². The summed E-state index contributed by atoms with van der Waals surface area (Å²) < 4.78 is 4.61. The van der Waals surface area contributed by atoms with Gasteiger partial charge in [-0.25, -0.2) is 0 Å². The third-order valence-electron chi connectivity index (χ3n) is 2.53. The van der Waals surface area contributed by atoms with E-state index in [2.05, 4.69) is 9.72 Å². The number of ether oxygens (including phenoxy) is 1. The van der Waals surface area contributed by atoms with Gasteiger partial charge in [-0.1, -0.05) is 47.7 Å². The summed E-state index contributed by atoms with van der Waals surface area (Å²) in [6.07, 6.45) is 3.79. The first-order valence-electron chi connectivity index (χ1n) is 5.71. The molecule has 1 N–H and O–H groups in total. The quantitative estimate of drug-likeness (QED) is 0.871. The van der Waals surface area contributed by atoms with Crippen LogP contribution in [0.5, 0.6) is 0 Å². The zero-order valence-electron chi connectivity index (χ0n) is 10.4. The first kappa shape index (κ1) is 13.3. The number of methoxy groups -OCH3 is 1. The maximum Gasteiger partial charge on any atom is 0.310 e. The summed E-state index contributed by atoms with van der Waals surface area (Å²) in [4.78, 5) is 25.9. The van der Waals surface area contributed by atoms with Gasteiger partial charge in [-0.3, -0.25) is 9.59 Å². The molecule has 0 bridgehead atoms. The van der Waals surface area contributed by atoms with Gasteiger partial charge in [0.2, 0.25) is 0 Å². The van der Waals surface area contributed by atoms with Gasteiger partial charge in [0.25, 0.3) is 0 Å². The van der Waals surface area contributed by atoms with Gasteiger partial charge in [-0.15, -0.1) is 0 Å². The van der Waals surface area contributed by atoms with Crippen molar-refractivity contribution in [3.8, 4) is 0 Å². The van der Waals surface area contributed by atoms with Crippen LogP contribution in [0.4, 0.5) is 0 Å². The smallest absolute Gasteiger partial charge is 0.310 e. The van der Waals surface area contributed by atoms with Gasteiger partial charge in [0.1, 0.15) is 0 Å². The Balaban J connectivity index is 2.23. The number of aromatic nitrogens is 1. The predicted octanol–water partition coefficient (Wildman–Crippen LogP) is 2.32. The minimum atomic E-state index is -0.357. The van der Waals surface area contributed by atoms with Gasteiger partial charge >= 0.3 is 10.8 Å². The molecule has 2 aromatic rings. The predicted molar refractivity (Wildman–Crippen MR) is 76.0 cm³/mol. The van der Waals surface area contributed by atoms with Gasteiger partial charge in [-0.2, -0.15) is 0 Å². The number of esters is 1. The van der Waals surface area contributed by atoms with E-state index >= 15 is 0 Å². The van der Waals surface area contributed by atoms with Crippen LogP contribution in [-0.2, 0) is 16.0 Å². The van der Waals surface area contributed by atoms with E-state index in [1.807, 2.05) is 36.4 Å². The van der Waals surface area contributed by atoms with Crippen LogP contribution in [0.25, 0.3) is 12.2 Å². The molecule has 1 aromatic heterocycles. The van der Waals surface area contributed by atoms with E-state index in [1.54, 1.807) is 6.08 Å². The number of H-pyrrole nitrogens is 1. The second-order valence-corrected chi connectivity index (χ2v) is 4.92. The summed E-state index contributed by atoms with van der Waals surface area (Å²) in [6, 6.07) is 9.73. The molecule has 2 rings (SSSR count). The normalized spacial score (nSPS) is 10.8. The second-order valence-electron chi connectivity index (χ2n) is 3.85. The minimum absolute atomic E-state index is 0.106. The molecule has 0 amide bonds. The maximum absolute atomic E-state index is 11.4. The van der Waals surface area contributed by atoms with Crippen molar-refractivity contribution in [2.45, 2.75) is 6.42 Å². The monoisotopic (exact) mass is 275 g/mol. The van der Waals surface area contributed by atoms with Gasteiger partial charge in [0.15, 0.2) is 0 Å². The summed E-state index contributed by atoms with van der Waals surface area (Å²) in [7, 11) is 1.33. The molecule has 19 heavy (non-hydrogen) atoms. The zero-order valence-corrected chi connectivity index (χ0v) is 11.2. The lowest BCUT2D eigenvalue weighted by Gasteiger charge is -1.97. The van der Waals surface area contributed by atoms with E-state index in [9.17, 15) is 9.59 Å². The third kappa shape index (κ3) is 3.66. The van der Waals surface area contributed by atoms with Crippen LogP contribution >= 0.6 is 11.3 Å². The SMILES string of the molecule is COC(=O)Cc1sc(=O)[nH]c1/C=C/c1ccccc1. The molecular weight excluding hydrogens is 262 g/mol. The van der Waals surface area contributed by atoms with E-state index in [4.69, 9.17) is 0 Å². The second kappa shape index (κ2) is 6.15. The van der Waals surface area contributed by atoms with E-state index in [0.29, 0.717) is 10.6 Å². The third-order valence-corrected chi connectivity index (χ3v) is 3.43. The summed E-state index contributed by atoms with van der Waals surface area (Å²) in [5, 5.41) is 0. The summed E-state index contributed by atoms with van der Waals surface area (Å²) >= 11 is 1.03. The van der Waals surface area contributed by atoms with Gasteiger partial charge in [-0.05, 0) is 11.6 Å². The minimum Gasteiger partial charge on any atom is -0.469 e. The Labute approximate surface area is 114 Å². The molecule has 0 spiro atoms. The number of hydrogen-bond donors (Lipinski definition) is 1. The number of carbonyl (C=O) groups is 1. The van der Waals surface area contributed by atoms with E-state index in [0.717, 1.165) is 16.9 Å². The molecule has 0 radical (unpaired) electrons. The van der Waals surface area contributed by atoms with Crippen molar-refractivity contribution in [2.75, 3.05) is 7.11 Å². The van der Waals surface area contributed by atoms with E-state index in [-0.39, 0.29) is 17.3 Å². The topological polar surface area (TPSA) is 59.2 Å². The van der Waals surface area contributed by atoms with Crippen LogP contribution in [0.1, 0.15) is 16.1 Å². The fourth-order valence-electron chi connectivity index (χ4n) is 1.58. The van der Waals surface area contributed by atoms with Gasteiger partial charge in [0.05, 0.1) is 19.2 Å². The fourth-order valence-corrected chi connectivity index (χ4v) is 2.39. The summed E-state index contributed by atoms with van der Waals surface area (Å²) in [5.74, 6) is -0.357. The van der Waals surface area contributed by atoms with Crippen LogP contribution in [0.3, 0.4) is 0 Å². The van der Waals surface area contributed by atoms with Crippen molar-refractivity contribution in [1.29, 1.82) is 0 Å². The number of nitrogens with one attached hydrogen (secondary N) is 1. The van der Waals surface area contributed by atoms with Crippen LogP contribution in [-0.4, -0.2) is 18.1 Å². The van der Waals surface area contributed by atoms with E-state index in [1.165, 1.54) is 7.11 Å². The maximum atomic E-state index is 11.4. The van der Waals surface area contributed by atoms with Crippen molar-refractivity contribution in [2.24, 2.45) is 0 Å². The summed E-state index contributed by atoms with van der Waals surface area (Å²) in [5.41, 5.74) is 1.68. The Bertz CT molecular complexity index is 640. The molecule has 0 fully saturated rings. The molecule has 0 aliphatic carbocycles. The lowest BCUT2D eigenvalue weighted by molar-refractivity contribution is -0.139. The molecule has 4 nitrogen and oxygen atoms in total. The Morgan fingerprint density at radius 2 is 2.05 bits per heavy atom. The zero-order chi connectivity index (χ0) is 13.7. The number of rotatable bonds is 4. The van der Waals surface area contributed by atoms with Gasteiger partial charge < -0.3 is 9.72 Å². The number of carbonyl (C=O) groups excluding carboxylic acids is 1. The number of benzene rings is 1. The average molecular weight is 275 g/mol. The van der Waals surface area contributed by atoms with E-state index < -0.39 is 0 Å². The number of thiazole rings is 1. The molecule has 0 unspecified atom stereocenters. The standard InChI is InChI=1S/C14H13NO3S/c1-18-13(16)9-12-11(15-14(17)19-12)8-7-10-5-3-2-4-6-10/h2-8H,9H2,1H3,(H,15,17)/b8-7+. The Kier molecular flexibility index (Phi) is 4.30. The largest absolute Gasteiger partial charge is 0.469 e. The van der Waals surface area contributed by atoms with Crippen LogP contribution in [0, 0.1) is 0 Å². The lowest BCUT2D eigenvalue weighted by Crippen LogP contribution is -2.03. The van der Waals surface area contributed by atoms with Gasteiger partial charge in [0, 0.05) is 4.88 Å². The average Bonchev–Trinajstić information content (AvgIpc) is 2.77. The molecule has 5 heteroatoms. The number of aromatic amines is 1. The number of hydrogen-bond acceptors (Lipinski definition) is 4. The van der Waals surface area contributed by atoms with Crippen molar-refractivity contribution < 1.29 is 9.53 Å². The van der Waals surface area contributed by atoms with Crippen molar-refractivity contribution in [1.82, 2.24) is 4.98 Å². The van der Waals surface area contributed by atoms with Crippen LogP contribution in [0.2, 0.25) is 0 Å². The Morgan fingerprint density at radius 3 is 2.74 bits per heavy atom. The van der Waals surface area contributed by atoms with Crippen LogP contribution < -0.4 is 4.87 Å². The highest BCUT2D eigenvalue weighted by Gasteiger charge is 2.10. The molecule has 0 saturated carbocycles. The summed E-state index contributed by atoms with van der Waals surface area (Å²) in [6.45, 7) is 0. The molecular formula is C14H13NO3S. The molecule has 1 aromatic carbocycles. The highest BCUT2D eigenvalue weighted by atomic mass is 32.1. The lowest BCUT2D eigenvalue weighted by atomic mass is 10.2. The Hall–Kier alpha value is -2.14. The molecule has 1 heterocycles. The first-order valence-corrected chi connectivity index (χ1v) is 6.52. The fraction of sp³-hybridized carbons (Fsp3) is 0.143. The van der Waals surface area contributed by atoms with Crippen molar-refractivity contribution in [3.63, 3.8) is 0 Å². The molecule has 0 atom stereocenters. The highest BCUT2D eigenvalue weighted by Crippen LogP contribution is 2.14. The van der Waals surface area contributed by atoms with Crippen molar-refractivity contribution in [3.05, 3.63) is 56.1 Å². The molecule has 0 aliphatic heterocycles. The van der Waals surface area contributed by atoms with Crippen molar-refractivity contribution >= 4 is 29.5 Å². The molecule has 0 aliphatic rings. The highest BCUT2D eigenvalue weighted by molar-refractivity contribution is 7.09. The molecule has 98 valence electrons. The molecule has 0 saturated heterocycles.